The van der Waals surface area contributed by atoms with Crippen molar-refractivity contribution < 1.29 is 33.1 Å². The summed E-state index contributed by atoms with van der Waals surface area (Å²) in [7, 11) is 0. The van der Waals surface area contributed by atoms with Crippen LogP contribution in [0.2, 0.25) is 0 Å². The highest BCUT2D eigenvalue weighted by atomic mass is 19.1. The average molecular weight is 603 g/mol. The number of ketones is 1. The normalized spacial score (nSPS) is 24.2. The van der Waals surface area contributed by atoms with Crippen LogP contribution in [0.5, 0.6) is 0 Å². The Morgan fingerprint density at radius 2 is 1.67 bits per heavy atom. The molecule has 7 atom stereocenters. The number of rotatable bonds is 10. The molecule has 2 aliphatic rings. The molecule has 0 saturated carbocycles. The minimum Gasteiger partial charge on any atom is -0.447 e. The second-order valence-corrected chi connectivity index (χ2v) is 13.1. The first-order valence-corrected chi connectivity index (χ1v) is 15.2. The van der Waals surface area contributed by atoms with Crippen molar-refractivity contribution in [1.82, 2.24) is 20.4 Å². The highest BCUT2D eigenvalue weighted by Crippen LogP contribution is 2.39. The molecule has 11 heteroatoms. The lowest BCUT2D eigenvalue weighted by Crippen LogP contribution is -2.61. The van der Waals surface area contributed by atoms with E-state index in [1.54, 1.807) is 48.5 Å². The number of ether oxygens (including phenoxy) is 1. The van der Waals surface area contributed by atoms with E-state index in [2.05, 4.69) is 10.6 Å². The lowest BCUT2D eigenvalue weighted by molar-refractivity contribution is -0.153. The summed E-state index contributed by atoms with van der Waals surface area (Å²) >= 11 is 0. The highest BCUT2D eigenvalue weighted by molar-refractivity contribution is 6.38. The monoisotopic (exact) mass is 602 g/mol. The highest BCUT2D eigenvalue weighted by Gasteiger charge is 2.56. The quantitative estimate of drug-likeness (QED) is 0.393. The molecule has 43 heavy (non-hydrogen) atoms. The topological polar surface area (TPSA) is 125 Å². The number of Topliss-reactive ketones (excluding diaryl/α,β-unsaturated/α-hetero) is 1. The van der Waals surface area contributed by atoms with Crippen LogP contribution < -0.4 is 10.6 Å². The summed E-state index contributed by atoms with van der Waals surface area (Å²) in [6.07, 6.45) is -2.06. The van der Waals surface area contributed by atoms with E-state index in [-0.39, 0.29) is 19.5 Å². The first kappa shape index (κ1) is 34.0. The van der Waals surface area contributed by atoms with Gasteiger partial charge in [0.15, 0.2) is 0 Å². The zero-order valence-corrected chi connectivity index (χ0v) is 26.6. The number of hydrogen-bond donors (Lipinski definition) is 2. The van der Waals surface area contributed by atoms with Crippen molar-refractivity contribution in [2.24, 2.45) is 17.3 Å². The molecule has 4 amide bonds. The zero-order valence-electron chi connectivity index (χ0n) is 26.6. The lowest BCUT2D eigenvalue weighted by Gasteiger charge is -2.39. The summed E-state index contributed by atoms with van der Waals surface area (Å²) in [6, 6.07) is 5.42. The molecule has 2 fully saturated rings. The summed E-state index contributed by atoms with van der Waals surface area (Å²) in [6.45, 7) is 13.7. The van der Waals surface area contributed by atoms with Crippen LogP contribution in [0.3, 0.4) is 0 Å². The Morgan fingerprint density at radius 3 is 2.23 bits per heavy atom. The smallest absolute Gasteiger partial charge is 0.408 e. The molecule has 0 aromatic heterocycles. The molecule has 10 nitrogen and oxygen atoms in total. The average Bonchev–Trinajstić information content (AvgIpc) is 3.24. The SMILES string of the molecule is CCCC(C(=O)C(=O)N[C@H](C)c1ccccc1)N1C[C@H](F)[C@H]2CN(C(=O)[C@@H](NC(=O)OC(C)C)C(C)(C)C)[C@H](C1=O)[C@H]2C. The molecule has 0 radical (unpaired) electrons. The van der Waals surface area contributed by atoms with Gasteiger partial charge in [-0.2, -0.15) is 0 Å². The molecule has 2 saturated heterocycles. The van der Waals surface area contributed by atoms with Gasteiger partial charge in [-0.25, -0.2) is 9.18 Å². The van der Waals surface area contributed by atoms with Crippen molar-refractivity contribution in [2.75, 3.05) is 13.1 Å². The molecule has 2 N–H and O–H groups in total. The van der Waals surface area contributed by atoms with Gasteiger partial charge in [-0.3, -0.25) is 19.2 Å². The van der Waals surface area contributed by atoms with Crippen molar-refractivity contribution in [3.63, 3.8) is 0 Å². The number of carbonyl (C=O) groups excluding carboxylic acids is 5. The van der Waals surface area contributed by atoms with Gasteiger partial charge >= 0.3 is 6.09 Å². The van der Waals surface area contributed by atoms with Gasteiger partial charge in [-0.15, -0.1) is 0 Å². The fourth-order valence-corrected chi connectivity index (χ4v) is 6.04. The molecule has 3 rings (SSSR count). The Hall–Kier alpha value is -3.50. The first-order chi connectivity index (χ1) is 20.1. The van der Waals surface area contributed by atoms with Crippen molar-refractivity contribution in [3.8, 4) is 0 Å². The second kappa shape index (κ2) is 13.9. The zero-order chi connectivity index (χ0) is 32.2. The van der Waals surface area contributed by atoms with Gasteiger partial charge in [0, 0.05) is 12.5 Å². The van der Waals surface area contributed by atoms with Gasteiger partial charge in [0.25, 0.3) is 5.91 Å². The van der Waals surface area contributed by atoms with Gasteiger partial charge in [0.1, 0.15) is 24.3 Å². The summed E-state index contributed by atoms with van der Waals surface area (Å²) in [5, 5.41) is 5.35. The lowest BCUT2D eigenvalue weighted by atomic mass is 9.85. The number of amides is 4. The van der Waals surface area contributed by atoms with Crippen LogP contribution in [0.15, 0.2) is 30.3 Å². The van der Waals surface area contributed by atoms with E-state index >= 15 is 4.39 Å². The van der Waals surface area contributed by atoms with Crippen molar-refractivity contribution >= 4 is 29.6 Å². The maximum Gasteiger partial charge on any atom is 0.408 e. The van der Waals surface area contributed by atoms with Crippen molar-refractivity contribution in [1.29, 1.82) is 0 Å². The fraction of sp³-hybridized carbons (Fsp3) is 0.656. The Morgan fingerprint density at radius 1 is 1.05 bits per heavy atom. The van der Waals surface area contributed by atoms with Crippen LogP contribution in [0.25, 0.3) is 0 Å². The number of likely N-dealkylation sites (tertiary alicyclic amines) is 2. The number of hydrogen-bond acceptors (Lipinski definition) is 6. The molecule has 2 aliphatic heterocycles. The van der Waals surface area contributed by atoms with Crippen LogP contribution in [0.4, 0.5) is 9.18 Å². The van der Waals surface area contributed by atoms with Crippen LogP contribution in [-0.2, 0) is 23.9 Å². The third-order valence-corrected chi connectivity index (χ3v) is 8.40. The minimum absolute atomic E-state index is 0.000366. The standard InChI is InChI=1S/C32H47FN4O6/c1-9-13-24(26(38)28(39)34-20(5)21-14-11-10-12-15-21)36-17-23(33)22-16-37(25(19(22)4)29(36)40)30(41)27(32(6,7)8)35-31(42)43-18(2)3/h10-12,14-15,18-20,22-25,27H,9,13,16-17H2,1-8H3,(H,34,39)(H,35,42)/t19-,20+,22-,23-,24?,25-,27+/m0/s1. The van der Waals surface area contributed by atoms with E-state index in [1.807, 2.05) is 37.3 Å². The molecule has 2 heterocycles. The van der Waals surface area contributed by atoms with E-state index < -0.39 is 83.3 Å². The molecule has 238 valence electrons. The van der Waals surface area contributed by atoms with Gasteiger partial charge in [0.2, 0.25) is 17.6 Å². The van der Waals surface area contributed by atoms with Crippen molar-refractivity contribution in [3.05, 3.63) is 35.9 Å². The molecular formula is C32H47FN4O6. The number of halogens is 1. The number of alkyl halides is 1. The van der Waals surface area contributed by atoms with Crippen LogP contribution in [-0.4, -0.2) is 82.9 Å². The number of benzene rings is 1. The van der Waals surface area contributed by atoms with E-state index in [9.17, 15) is 24.0 Å². The maximum absolute atomic E-state index is 15.9. The third kappa shape index (κ3) is 7.72. The van der Waals surface area contributed by atoms with Gasteiger partial charge < -0.3 is 25.2 Å². The first-order valence-electron chi connectivity index (χ1n) is 15.2. The molecule has 0 spiro atoms. The summed E-state index contributed by atoms with van der Waals surface area (Å²) in [4.78, 5) is 69.8. The number of carbonyl (C=O) groups is 5. The Labute approximate surface area is 254 Å². The predicted octanol–water partition coefficient (Wildman–Crippen LogP) is 3.79. The van der Waals surface area contributed by atoms with Gasteiger partial charge in [-0.05, 0) is 44.1 Å². The Kier molecular flexibility index (Phi) is 11.0. The fourth-order valence-electron chi connectivity index (χ4n) is 6.04. The van der Waals surface area contributed by atoms with Gasteiger partial charge in [-0.1, -0.05) is 71.4 Å². The molecular weight excluding hydrogens is 555 g/mol. The molecule has 1 aromatic carbocycles. The Bertz CT molecular complexity index is 1190. The van der Waals surface area contributed by atoms with Gasteiger partial charge in [0.05, 0.1) is 18.7 Å². The Balaban J connectivity index is 1.89. The number of nitrogens with one attached hydrogen (secondary N) is 2. The minimum atomic E-state index is -1.52. The summed E-state index contributed by atoms with van der Waals surface area (Å²) < 4.78 is 21.1. The van der Waals surface area contributed by atoms with E-state index in [0.717, 1.165) is 10.5 Å². The van der Waals surface area contributed by atoms with E-state index in [1.165, 1.54) is 4.90 Å². The molecule has 0 aliphatic carbocycles. The van der Waals surface area contributed by atoms with E-state index in [4.69, 9.17) is 4.74 Å². The second-order valence-electron chi connectivity index (χ2n) is 13.1. The molecule has 2 bridgehead atoms. The summed E-state index contributed by atoms with van der Waals surface area (Å²) in [5.41, 5.74) is 0.0553. The summed E-state index contributed by atoms with van der Waals surface area (Å²) in [5.74, 6) is -3.97. The maximum atomic E-state index is 15.9. The molecule has 1 unspecified atom stereocenters. The number of fused-ring (bicyclic) bond motifs is 2. The van der Waals surface area contributed by atoms with E-state index in [0.29, 0.717) is 6.42 Å². The third-order valence-electron chi connectivity index (χ3n) is 8.40. The van der Waals surface area contributed by atoms with Crippen molar-refractivity contribution in [2.45, 2.75) is 105 Å². The van der Waals surface area contributed by atoms with Crippen LogP contribution >= 0.6 is 0 Å². The number of nitrogens with zero attached hydrogens (tertiary/aromatic N) is 2. The number of alkyl carbamates (subject to hydrolysis) is 1. The largest absolute Gasteiger partial charge is 0.447 e. The van der Waals surface area contributed by atoms with Crippen LogP contribution in [0.1, 0.15) is 79.8 Å². The molecule has 1 aromatic rings. The van der Waals surface area contributed by atoms with Crippen LogP contribution in [0, 0.1) is 17.3 Å². The predicted molar refractivity (Wildman–Crippen MR) is 159 cm³/mol.